The van der Waals surface area contributed by atoms with Crippen molar-refractivity contribution in [1.29, 1.82) is 0 Å². The van der Waals surface area contributed by atoms with Crippen molar-refractivity contribution in [2.45, 2.75) is 13.3 Å². The third kappa shape index (κ3) is 2.59. The number of rotatable bonds is 2. The molecule has 0 aliphatic carbocycles. The van der Waals surface area contributed by atoms with Crippen molar-refractivity contribution in [3.8, 4) is 5.75 Å². The molecule has 0 aromatic heterocycles. The molecule has 0 radical (unpaired) electrons. The molecule has 0 N–H and O–H groups in total. The molecule has 4 rings (SSSR count). The van der Waals surface area contributed by atoms with Crippen molar-refractivity contribution >= 4 is 50.7 Å². The van der Waals surface area contributed by atoms with E-state index in [9.17, 15) is 4.79 Å². The fraction of sp³-hybridized carbons (Fsp3) is 0.0952. The Morgan fingerprint density at radius 2 is 1.21 bits per heavy atom. The number of carbonyl (C=O) groups excluding carboxylic acids is 1. The summed E-state index contributed by atoms with van der Waals surface area (Å²) in [6, 6.07) is 22.7. The second-order valence-corrected chi connectivity index (χ2v) is 5.63. The third-order valence-electron chi connectivity index (χ3n) is 4.24. The van der Waals surface area contributed by atoms with Gasteiger partial charge in [0.25, 0.3) is 0 Å². The van der Waals surface area contributed by atoms with Crippen LogP contribution in [-0.4, -0.2) is 5.97 Å². The van der Waals surface area contributed by atoms with E-state index in [0.29, 0.717) is 12.2 Å². The molecule has 0 amide bonds. The summed E-state index contributed by atoms with van der Waals surface area (Å²) in [6.45, 7) is 1.80. The van der Waals surface area contributed by atoms with Crippen LogP contribution in [0.2, 0.25) is 0 Å². The van der Waals surface area contributed by atoms with E-state index < -0.39 is 0 Å². The topological polar surface area (TPSA) is 26.3 Å². The second-order valence-electron chi connectivity index (χ2n) is 5.63. The molecule has 3 heteroatoms. The molecule has 120 valence electrons. The highest BCUT2D eigenvalue weighted by molar-refractivity contribution is 6.25. The van der Waals surface area contributed by atoms with E-state index in [0.717, 1.165) is 5.39 Å². The summed E-state index contributed by atoms with van der Waals surface area (Å²) in [5.74, 6) is 0.388. The molecular formula is C21H17ClO2. The van der Waals surface area contributed by atoms with Gasteiger partial charge in [-0.2, -0.15) is 0 Å². The van der Waals surface area contributed by atoms with Gasteiger partial charge in [-0.25, -0.2) is 0 Å². The summed E-state index contributed by atoms with van der Waals surface area (Å²) in [7, 11) is 0. The van der Waals surface area contributed by atoms with Gasteiger partial charge in [-0.1, -0.05) is 61.5 Å². The summed E-state index contributed by atoms with van der Waals surface area (Å²) >= 11 is 0. The van der Waals surface area contributed by atoms with Crippen molar-refractivity contribution in [1.82, 2.24) is 0 Å². The van der Waals surface area contributed by atoms with E-state index in [4.69, 9.17) is 4.74 Å². The normalized spacial score (nSPS) is 10.7. The van der Waals surface area contributed by atoms with E-state index in [1.54, 1.807) is 6.92 Å². The first-order valence-corrected chi connectivity index (χ1v) is 7.82. The predicted molar refractivity (Wildman–Crippen MR) is 102 cm³/mol. The zero-order chi connectivity index (χ0) is 15.8. The van der Waals surface area contributed by atoms with Crippen molar-refractivity contribution in [2.75, 3.05) is 0 Å². The quantitative estimate of drug-likeness (QED) is 0.259. The van der Waals surface area contributed by atoms with Crippen LogP contribution in [0.25, 0.3) is 32.3 Å². The predicted octanol–water partition coefficient (Wildman–Crippen LogP) is 5.88. The molecule has 0 unspecified atom stereocenters. The molecule has 0 aliphatic heterocycles. The Balaban J connectivity index is 0.00000169. The maximum atomic E-state index is 11.6. The Kier molecular flexibility index (Phi) is 4.41. The van der Waals surface area contributed by atoms with Gasteiger partial charge in [0.05, 0.1) is 0 Å². The van der Waals surface area contributed by atoms with Gasteiger partial charge in [0, 0.05) is 6.42 Å². The Morgan fingerprint density at radius 1 is 0.750 bits per heavy atom. The van der Waals surface area contributed by atoms with Crippen LogP contribution in [0.5, 0.6) is 5.75 Å². The molecule has 0 aliphatic rings. The maximum Gasteiger partial charge on any atom is 0.310 e. The highest BCUT2D eigenvalue weighted by Gasteiger charge is 2.10. The first kappa shape index (κ1) is 16.3. The summed E-state index contributed by atoms with van der Waals surface area (Å²) in [6.07, 6.45) is 0.372. The standard InChI is InChI=1S/C21H16O2.ClH/c1-2-21(22)23-14-11-12-19-17-9-4-3-7-15(17)16-8-5-6-10-18(16)20(19)13-14;/h3-13H,2H2,1H3;1H. The molecule has 24 heavy (non-hydrogen) atoms. The van der Waals surface area contributed by atoms with E-state index in [2.05, 4.69) is 42.5 Å². The smallest absolute Gasteiger partial charge is 0.310 e. The van der Waals surface area contributed by atoms with Crippen molar-refractivity contribution in [2.24, 2.45) is 0 Å². The molecule has 0 bridgehead atoms. The molecule has 0 atom stereocenters. The second kappa shape index (κ2) is 6.50. The number of halogens is 1. The van der Waals surface area contributed by atoms with Crippen LogP contribution >= 0.6 is 12.4 Å². The third-order valence-corrected chi connectivity index (χ3v) is 4.24. The lowest BCUT2D eigenvalue weighted by atomic mass is 9.94. The van der Waals surface area contributed by atoms with Gasteiger partial charge in [-0.15, -0.1) is 12.4 Å². The minimum atomic E-state index is -0.213. The van der Waals surface area contributed by atoms with Gasteiger partial charge in [0.2, 0.25) is 0 Å². The minimum absolute atomic E-state index is 0. The summed E-state index contributed by atoms with van der Waals surface area (Å²) in [5.41, 5.74) is 0. The van der Waals surface area contributed by atoms with E-state index in [1.165, 1.54) is 26.9 Å². The highest BCUT2D eigenvalue weighted by atomic mass is 35.5. The number of hydrogen-bond donors (Lipinski definition) is 0. The first-order valence-electron chi connectivity index (χ1n) is 7.82. The molecule has 4 aromatic rings. The molecule has 0 fully saturated rings. The number of carbonyl (C=O) groups is 1. The van der Waals surface area contributed by atoms with Crippen LogP contribution in [-0.2, 0) is 4.79 Å². The number of ether oxygens (including phenoxy) is 1. The van der Waals surface area contributed by atoms with Gasteiger partial charge in [0.15, 0.2) is 0 Å². The lowest BCUT2D eigenvalue weighted by Gasteiger charge is -2.11. The Labute approximate surface area is 146 Å². The van der Waals surface area contributed by atoms with Gasteiger partial charge in [-0.05, 0) is 44.5 Å². The van der Waals surface area contributed by atoms with Crippen LogP contribution in [0.1, 0.15) is 13.3 Å². The summed E-state index contributed by atoms with van der Waals surface area (Å²) < 4.78 is 5.39. The Morgan fingerprint density at radius 3 is 1.71 bits per heavy atom. The van der Waals surface area contributed by atoms with Gasteiger partial charge in [-0.3, -0.25) is 4.79 Å². The minimum Gasteiger partial charge on any atom is -0.427 e. The van der Waals surface area contributed by atoms with Crippen LogP contribution in [0.15, 0.2) is 66.7 Å². The van der Waals surface area contributed by atoms with Crippen molar-refractivity contribution in [3.63, 3.8) is 0 Å². The zero-order valence-corrected chi connectivity index (χ0v) is 14.1. The maximum absolute atomic E-state index is 11.6. The SMILES string of the molecule is CCC(=O)Oc1ccc2c3ccccc3c3ccccc3c2c1.Cl. The first-order chi connectivity index (χ1) is 11.3. The Bertz CT molecular complexity index is 1020. The average Bonchev–Trinajstić information content (AvgIpc) is 2.62. The van der Waals surface area contributed by atoms with E-state index in [1.807, 2.05) is 24.3 Å². The summed E-state index contributed by atoms with van der Waals surface area (Å²) in [4.78, 5) is 11.6. The molecular weight excluding hydrogens is 320 g/mol. The monoisotopic (exact) mass is 336 g/mol. The average molecular weight is 337 g/mol. The van der Waals surface area contributed by atoms with Crippen LogP contribution in [0.4, 0.5) is 0 Å². The molecule has 0 saturated heterocycles. The fourth-order valence-corrected chi connectivity index (χ4v) is 3.15. The lowest BCUT2D eigenvalue weighted by molar-refractivity contribution is -0.134. The van der Waals surface area contributed by atoms with E-state index >= 15 is 0 Å². The largest absolute Gasteiger partial charge is 0.427 e. The molecule has 0 saturated carbocycles. The fourth-order valence-electron chi connectivity index (χ4n) is 3.15. The molecule has 0 heterocycles. The molecule has 2 nitrogen and oxygen atoms in total. The highest BCUT2D eigenvalue weighted by Crippen LogP contribution is 2.36. The lowest BCUT2D eigenvalue weighted by Crippen LogP contribution is -2.05. The van der Waals surface area contributed by atoms with Crippen molar-refractivity contribution < 1.29 is 9.53 Å². The van der Waals surface area contributed by atoms with Gasteiger partial charge >= 0.3 is 5.97 Å². The number of benzene rings is 4. The van der Waals surface area contributed by atoms with E-state index in [-0.39, 0.29) is 18.4 Å². The van der Waals surface area contributed by atoms with Crippen LogP contribution < -0.4 is 4.74 Å². The number of esters is 1. The van der Waals surface area contributed by atoms with Gasteiger partial charge in [0.1, 0.15) is 5.75 Å². The zero-order valence-electron chi connectivity index (χ0n) is 13.3. The van der Waals surface area contributed by atoms with Crippen molar-refractivity contribution in [3.05, 3.63) is 66.7 Å². The Hall–Kier alpha value is -2.58. The van der Waals surface area contributed by atoms with Gasteiger partial charge < -0.3 is 4.74 Å². The number of hydrogen-bond acceptors (Lipinski definition) is 2. The summed E-state index contributed by atoms with van der Waals surface area (Å²) in [5, 5.41) is 7.14. The molecule has 0 spiro atoms. The molecule has 4 aromatic carbocycles. The van der Waals surface area contributed by atoms with Crippen LogP contribution in [0.3, 0.4) is 0 Å². The number of fused-ring (bicyclic) bond motifs is 6. The van der Waals surface area contributed by atoms with Crippen LogP contribution in [0, 0.1) is 0 Å².